The molecule has 1 fully saturated rings. The maximum Gasteiger partial charge on any atom is 0.494 e. The van der Waals surface area contributed by atoms with Crippen LogP contribution in [0.3, 0.4) is 0 Å². The maximum absolute atomic E-state index is 7.84. The molecule has 3 aliphatic rings. The standard InChI is InChI=1S/C18H21BO3.C14H13N3/c1-16(2)17(3,4)22-19(21-16)12-8-9-14-13(11-12)18(5)10-6-7-15(18)20-14;15-13(11-7-3-1-4-8-11)17-14(16)12-9-5-2-6-10-12/h6-11H,1-5H3;1-10H,(H3,15,16,17). The highest BCUT2D eigenvalue weighted by molar-refractivity contribution is 6.62. The average Bonchev–Trinajstić information content (AvgIpc) is 3.50. The molecule has 6 nitrogen and oxygen atoms in total. The molecule has 0 aromatic heterocycles. The largest absolute Gasteiger partial charge is 0.494 e. The van der Waals surface area contributed by atoms with Crippen LogP contribution in [0.4, 0.5) is 0 Å². The lowest BCUT2D eigenvalue weighted by Crippen LogP contribution is -2.41. The van der Waals surface area contributed by atoms with Gasteiger partial charge in [-0.3, -0.25) is 5.41 Å². The summed E-state index contributed by atoms with van der Waals surface area (Å²) in [5.41, 5.74) is 8.85. The van der Waals surface area contributed by atoms with Crippen LogP contribution in [0.2, 0.25) is 0 Å². The van der Waals surface area contributed by atoms with Gasteiger partial charge in [0.1, 0.15) is 17.3 Å². The summed E-state index contributed by atoms with van der Waals surface area (Å²) >= 11 is 0. The molecule has 3 N–H and O–H groups in total. The Morgan fingerprint density at radius 1 is 0.821 bits per heavy atom. The van der Waals surface area contributed by atoms with E-state index in [0.29, 0.717) is 5.84 Å². The van der Waals surface area contributed by atoms with Crippen LogP contribution in [-0.4, -0.2) is 30.0 Å². The highest BCUT2D eigenvalue weighted by atomic mass is 16.7. The Labute approximate surface area is 230 Å². The average molecular weight is 519 g/mol. The zero-order valence-electron chi connectivity index (χ0n) is 23.1. The molecular formula is C32H34BN3O3. The van der Waals surface area contributed by atoms with Crippen LogP contribution in [0.25, 0.3) is 0 Å². The summed E-state index contributed by atoms with van der Waals surface area (Å²) in [6.45, 7) is 10.5. The Bertz CT molecular complexity index is 1460. The van der Waals surface area contributed by atoms with Crippen molar-refractivity contribution in [1.29, 1.82) is 5.41 Å². The van der Waals surface area contributed by atoms with E-state index in [1.807, 2.05) is 78.9 Å². The quantitative estimate of drug-likeness (QED) is 0.271. The first-order valence-corrected chi connectivity index (χ1v) is 13.1. The molecule has 0 spiro atoms. The summed E-state index contributed by atoms with van der Waals surface area (Å²) < 4.78 is 18.3. The Balaban J connectivity index is 0.000000164. The molecule has 2 heterocycles. The van der Waals surface area contributed by atoms with Gasteiger partial charge in [-0.1, -0.05) is 84.9 Å². The molecule has 1 saturated heterocycles. The van der Waals surface area contributed by atoms with Crippen LogP contribution < -0.4 is 15.9 Å². The van der Waals surface area contributed by atoms with Crippen LogP contribution in [0.5, 0.6) is 5.75 Å². The topological polar surface area (TPSA) is 89.9 Å². The third kappa shape index (κ3) is 5.08. The van der Waals surface area contributed by atoms with Crippen molar-refractivity contribution >= 4 is 24.3 Å². The molecule has 0 bridgehead atoms. The van der Waals surface area contributed by atoms with Gasteiger partial charge in [0.05, 0.1) is 16.6 Å². The van der Waals surface area contributed by atoms with E-state index >= 15 is 0 Å². The lowest BCUT2D eigenvalue weighted by atomic mass is 9.75. The van der Waals surface area contributed by atoms with E-state index in [0.717, 1.165) is 28.1 Å². The molecule has 1 unspecified atom stereocenters. The Morgan fingerprint density at radius 2 is 1.41 bits per heavy atom. The number of ether oxygens (including phenoxy) is 1. The van der Waals surface area contributed by atoms with E-state index in [1.54, 1.807) is 0 Å². The third-order valence-electron chi connectivity index (χ3n) is 7.85. The number of amidine groups is 2. The predicted octanol–water partition coefficient (Wildman–Crippen LogP) is 5.51. The van der Waals surface area contributed by atoms with Gasteiger partial charge in [0.25, 0.3) is 0 Å². The number of allylic oxidation sites excluding steroid dienone is 3. The molecule has 3 aromatic rings. The summed E-state index contributed by atoms with van der Waals surface area (Å²) in [6.07, 6.45) is 6.27. The molecule has 1 aliphatic carbocycles. The number of hydrogen-bond acceptors (Lipinski definition) is 4. The van der Waals surface area contributed by atoms with Crippen molar-refractivity contribution in [2.75, 3.05) is 0 Å². The first-order chi connectivity index (χ1) is 18.5. The number of nitrogens with one attached hydrogen (secondary N) is 1. The van der Waals surface area contributed by atoms with Crippen molar-refractivity contribution in [3.63, 3.8) is 0 Å². The lowest BCUT2D eigenvalue weighted by molar-refractivity contribution is 0.00578. The number of nitrogens with zero attached hydrogens (tertiary/aromatic N) is 1. The highest BCUT2D eigenvalue weighted by Crippen LogP contribution is 2.48. The van der Waals surface area contributed by atoms with Crippen LogP contribution in [0, 0.1) is 5.41 Å². The minimum absolute atomic E-state index is 0.158. The fraction of sp³-hybridized carbons (Fsp3) is 0.250. The van der Waals surface area contributed by atoms with E-state index < -0.39 is 0 Å². The van der Waals surface area contributed by atoms with Gasteiger partial charge >= 0.3 is 7.12 Å². The maximum atomic E-state index is 7.84. The first kappa shape index (κ1) is 26.7. The molecule has 6 rings (SSSR count). The van der Waals surface area contributed by atoms with Crippen molar-refractivity contribution in [3.8, 4) is 5.75 Å². The van der Waals surface area contributed by atoms with Gasteiger partial charge in [0.2, 0.25) is 0 Å². The summed E-state index contributed by atoms with van der Waals surface area (Å²) in [5.74, 6) is 2.46. The molecule has 2 aliphatic heterocycles. The fourth-order valence-electron chi connectivity index (χ4n) is 4.69. The van der Waals surface area contributed by atoms with Gasteiger partial charge in [-0.2, -0.15) is 0 Å². The van der Waals surface area contributed by atoms with Gasteiger partial charge in [-0.05, 0) is 52.2 Å². The minimum atomic E-state index is -0.336. The van der Waals surface area contributed by atoms with Gasteiger partial charge < -0.3 is 19.8 Å². The Hall–Kier alpha value is -3.94. The number of aliphatic imine (C=N–C) groups is 1. The van der Waals surface area contributed by atoms with Crippen molar-refractivity contribution < 1.29 is 14.0 Å². The third-order valence-corrected chi connectivity index (χ3v) is 7.85. The zero-order chi connectivity index (χ0) is 27.8. The monoisotopic (exact) mass is 519 g/mol. The van der Waals surface area contributed by atoms with Crippen LogP contribution in [-0.2, 0) is 14.7 Å². The smallest absolute Gasteiger partial charge is 0.460 e. The van der Waals surface area contributed by atoms with Gasteiger partial charge in [0, 0.05) is 16.7 Å². The number of rotatable bonds is 3. The molecule has 198 valence electrons. The summed E-state index contributed by atoms with van der Waals surface area (Å²) in [4.78, 5) is 4.10. The lowest BCUT2D eigenvalue weighted by Gasteiger charge is -2.32. The minimum Gasteiger partial charge on any atom is -0.460 e. The summed E-state index contributed by atoms with van der Waals surface area (Å²) in [6, 6.07) is 25.0. The molecule has 39 heavy (non-hydrogen) atoms. The van der Waals surface area contributed by atoms with Crippen molar-refractivity contribution in [2.24, 2.45) is 10.7 Å². The summed E-state index contributed by atoms with van der Waals surface area (Å²) in [7, 11) is -0.336. The Morgan fingerprint density at radius 3 is 2.03 bits per heavy atom. The van der Waals surface area contributed by atoms with E-state index in [2.05, 4.69) is 57.8 Å². The first-order valence-electron chi connectivity index (χ1n) is 13.1. The van der Waals surface area contributed by atoms with E-state index in [9.17, 15) is 0 Å². The van der Waals surface area contributed by atoms with Crippen LogP contribution in [0.15, 0.2) is 108 Å². The highest BCUT2D eigenvalue weighted by Gasteiger charge is 2.52. The van der Waals surface area contributed by atoms with E-state index in [-0.39, 0.29) is 29.6 Å². The number of benzene rings is 3. The van der Waals surface area contributed by atoms with Crippen LogP contribution in [0.1, 0.15) is 51.3 Å². The number of nitrogens with two attached hydrogens (primary N) is 1. The van der Waals surface area contributed by atoms with Crippen molar-refractivity contribution in [3.05, 3.63) is 120 Å². The van der Waals surface area contributed by atoms with E-state index in [4.69, 9.17) is 25.2 Å². The van der Waals surface area contributed by atoms with E-state index in [1.165, 1.54) is 5.56 Å². The van der Waals surface area contributed by atoms with Crippen molar-refractivity contribution in [2.45, 2.75) is 51.2 Å². The predicted molar refractivity (Wildman–Crippen MR) is 158 cm³/mol. The zero-order valence-corrected chi connectivity index (χ0v) is 23.1. The molecule has 1 atom stereocenters. The number of fused-ring (bicyclic) bond motifs is 3. The molecule has 0 amide bonds. The second-order valence-electron chi connectivity index (χ2n) is 11.1. The van der Waals surface area contributed by atoms with Gasteiger partial charge in [-0.25, -0.2) is 4.99 Å². The molecule has 0 radical (unpaired) electrons. The SMILES string of the molecule is CC12C=CC=C1Oc1ccc(B3OC(C)(C)C(C)(C)O3)cc12.N=C(N=C(N)c1ccccc1)c1ccccc1. The van der Waals surface area contributed by atoms with Gasteiger partial charge in [0.15, 0.2) is 5.84 Å². The normalized spacial score (nSPS) is 21.8. The van der Waals surface area contributed by atoms with Gasteiger partial charge in [-0.15, -0.1) is 0 Å². The second kappa shape index (κ2) is 9.99. The Kier molecular flexibility index (Phi) is 6.83. The molecule has 0 saturated carbocycles. The molecular weight excluding hydrogens is 485 g/mol. The summed E-state index contributed by atoms with van der Waals surface area (Å²) in [5, 5.41) is 7.84. The molecule has 7 heteroatoms. The van der Waals surface area contributed by atoms with Crippen LogP contribution >= 0.6 is 0 Å². The molecule has 3 aromatic carbocycles. The number of hydrogen-bond donors (Lipinski definition) is 2. The second-order valence-corrected chi connectivity index (χ2v) is 11.1. The van der Waals surface area contributed by atoms with Crippen molar-refractivity contribution in [1.82, 2.24) is 0 Å². The fourth-order valence-corrected chi connectivity index (χ4v) is 4.69.